The normalized spacial score (nSPS) is 17.8. The molecule has 2 heterocycles. The second-order valence-electron chi connectivity index (χ2n) is 5.81. The largest absolute Gasteiger partial charge is 0.376 e. The van der Waals surface area contributed by atoms with Gasteiger partial charge < -0.3 is 20.3 Å². The molecule has 6 nitrogen and oxygen atoms in total. The fourth-order valence-electron chi connectivity index (χ4n) is 2.22. The van der Waals surface area contributed by atoms with Gasteiger partial charge in [0.2, 0.25) is 5.91 Å². The van der Waals surface area contributed by atoms with Crippen LogP contribution in [-0.4, -0.2) is 56.7 Å². The van der Waals surface area contributed by atoms with Gasteiger partial charge in [-0.25, -0.2) is 4.99 Å². The second-order valence-corrected chi connectivity index (χ2v) is 6.59. The number of halogens is 1. The van der Waals surface area contributed by atoms with Crippen LogP contribution in [0.25, 0.3) is 0 Å². The second kappa shape index (κ2) is 11.6. The van der Waals surface area contributed by atoms with E-state index in [9.17, 15) is 4.79 Å². The molecule has 1 fully saturated rings. The zero-order valence-corrected chi connectivity index (χ0v) is 17.4. The molecular formula is C16H27IN4O2S. The number of thiophene rings is 1. The van der Waals surface area contributed by atoms with E-state index in [1.807, 2.05) is 5.38 Å². The molecular weight excluding hydrogens is 439 g/mol. The zero-order valence-electron chi connectivity index (χ0n) is 14.3. The topological polar surface area (TPSA) is 66.0 Å². The molecule has 1 aliphatic rings. The highest BCUT2D eigenvalue weighted by Crippen LogP contribution is 2.11. The van der Waals surface area contributed by atoms with Crippen LogP contribution >= 0.6 is 35.3 Å². The molecule has 0 radical (unpaired) electrons. The highest BCUT2D eigenvalue weighted by Gasteiger charge is 2.14. The van der Waals surface area contributed by atoms with Gasteiger partial charge in [0.15, 0.2) is 5.96 Å². The molecule has 0 spiro atoms. The Labute approximate surface area is 165 Å². The van der Waals surface area contributed by atoms with Gasteiger partial charge in [0.25, 0.3) is 0 Å². The lowest BCUT2D eigenvalue weighted by molar-refractivity contribution is -0.127. The Bertz CT molecular complexity index is 502. The van der Waals surface area contributed by atoms with Gasteiger partial charge in [0.05, 0.1) is 19.2 Å². The van der Waals surface area contributed by atoms with Crippen molar-refractivity contribution in [3.8, 4) is 0 Å². The molecule has 1 amide bonds. The quantitative estimate of drug-likeness (QED) is 0.383. The van der Waals surface area contributed by atoms with Crippen molar-refractivity contribution in [1.29, 1.82) is 0 Å². The number of amides is 1. The highest BCUT2D eigenvalue weighted by molar-refractivity contribution is 14.0. The summed E-state index contributed by atoms with van der Waals surface area (Å²) < 4.78 is 5.72. The van der Waals surface area contributed by atoms with E-state index in [1.54, 1.807) is 30.3 Å². The van der Waals surface area contributed by atoms with Crippen LogP contribution < -0.4 is 10.6 Å². The third-order valence-electron chi connectivity index (χ3n) is 3.68. The summed E-state index contributed by atoms with van der Waals surface area (Å²) in [7, 11) is 3.49. The van der Waals surface area contributed by atoms with Gasteiger partial charge >= 0.3 is 0 Å². The Morgan fingerprint density at radius 1 is 1.42 bits per heavy atom. The van der Waals surface area contributed by atoms with E-state index in [1.165, 1.54) is 12.0 Å². The molecule has 1 unspecified atom stereocenters. The molecule has 0 bridgehead atoms. The first kappa shape index (κ1) is 21.2. The number of likely N-dealkylation sites (N-methyl/N-ethyl adjacent to an activating group) is 1. The van der Waals surface area contributed by atoms with E-state index >= 15 is 0 Å². The van der Waals surface area contributed by atoms with Crippen LogP contribution in [0.2, 0.25) is 0 Å². The standard InChI is InChI=1S/C16H26N4O2S.HI/c1-20(2)15(21)11-19-16(17-9-13-6-8-23-12-13)18-10-14-5-3-4-7-22-14;/h6,8,12,14H,3-5,7,9-11H2,1-2H3,(H2,17,18,19);1H. The average molecular weight is 466 g/mol. The molecule has 24 heavy (non-hydrogen) atoms. The first-order valence-corrected chi connectivity index (χ1v) is 8.94. The van der Waals surface area contributed by atoms with Gasteiger partial charge in [-0.05, 0) is 41.7 Å². The molecule has 1 aliphatic heterocycles. The van der Waals surface area contributed by atoms with E-state index in [0.29, 0.717) is 19.0 Å². The van der Waals surface area contributed by atoms with E-state index in [2.05, 4.69) is 27.1 Å². The van der Waals surface area contributed by atoms with E-state index in [0.717, 1.165) is 19.4 Å². The minimum atomic E-state index is 0. The van der Waals surface area contributed by atoms with Gasteiger partial charge in [-0.2, -0.15) is 11.3 Å². The Balaban J connectivity index is 0.00000288. The molecule has 2 rings (SSSR count). The van der Waals surface area contributed by atoms with E-state index in [4.69, 9.17) is 4.74 Å². The Hall–Kier alpha value is -0.870. The summed E-state index contributed by atoms with van der Waals surface area (Å²) in [5.41, 5.74) is 1.17. The molecule has 136 valence electrons. The maximum atomic E-state index is 11.7. The van der Waals surface area contributed by atoms with Gasteiger partial charge in [-0.15, -0.1) is 24.0 Å². The lowest BCUT2D eigenvalue weighted by atomic mass is 10.1. The van der Waals surface area contributed by atoms with Crippen molar-refractivity contribution in [2.45, 2.75) is 31.9 Å². The molecule has 0 saturated carbocycles. The summed E-state index contributed by atoms with van der Waals surface area (Å²) in [5.74, 6) is 0.671. The smallest absolute Gasteiger partial charge is 0.241 e. The predicted molar refractivity (Wildman–Crippen MR) is 109 cm³/mol. The number of rotatable bonds is 6. The van der Waals surface area contributed by atoms with Gasteiger partial charge in [-0.3, -0.25) is 4.79 Å². The molecule has 1 saturated heterocycles. The number of nitrogens with one attached hydrogen (secondary N) is 2. The SMILES string of the molecule is CN(C)C(=O)CNC(=NCc1ccsc1)NCC1CCCCO1.I. The fraction of sp³-hybridized carbons (Fsp3) is 0.625. The maximum Gasteiger partial charge on any atom is 0.241 e. The van der Waals surface area contributed by atoms with Crippen molar-refractivity contribution >= 4 is 47.2 Å². The molecule has 2 N–H and O–H groups in total. The lowest BCUT2D eigenvalue weighted by Crippen LogP contribution is -2.45. The number of aliphatic imine (C=N–C) groups is 1. The summed E-state index contributed by atoms with van der Waals surface area (Å²) >= 11 is 1.66. The minimum absolute atomic E-state index is 0. The molecule has 0 aliphatic carbocycles. The summed E-state index contributed by atoms with van der Waals surface area (Å²) in [5, 5.41) is 10.5. The lowest BCUT2D eigenvalue weighted by Gasteiger charge is -2.24. The van der Waals surface area contributed by atoms with Gasteiger partial charge in [0.1, 0.15) is 0 Å². The van der Waals surface area contributed by atoms with Crippen molar-refractivity contribution in [1.82, 2.24) is 15.5 Å². The monoisotopic (exact) mass is 466 g/mol. The van der Waals surface area contributed by atoms with E-state index in [-0.39, 0.29) is 42.5 Å². The van der Waals surface area contributed by atoms with Crippen LogP contribution in [0.3, 0.4) is 0 Å². The fourth-order valence-corrected chi connectivity index (χ4v) is 2.88. The van der Waals surface area contributed by atoms with Crippen molar-refractivity contribution in [2.24, 2.45) is 4.99 Å². The van der Waals surface area contributed by atoms with Crippen LogP contribution in [0.5, 0.6) is 0 Å². The van der Waals surface area contributed by atoms with Crippen LogP contribution in [0.4, 0.5) is 0 Å². The third-order valence-corrected chi connectivity index (χ3v) is 4.41. The summed E-state index contributed by atoms with van der Waals surface area (Å²) in [6.45, 7) is 2.38. The number of guanidine groups is 1. The summed E-state index contributed by atoms with van der Waals surface area (Å²) in [4.78, 5) is 17.9. The van der Waals surface area contributed by atoms with Crippen molar-refractivity contribution < 1.29 is 9.53 Å². The number of hydrogen-bond acceptors (Lipinski definition) is 4. The van der Waals surface area contributed by atoms with Crippen molar-refractivity contribution in [2.75, 3.05) is 33.8 Å². The Morgan fingerprint density at radius 2 is 2.25 bits per heavy atom. The third kappa shape index (κ3) is 7.80. The molecule has 1 aromatic heterocycles. The van der Waals surface area contributed by atoms with Crippen LogP contribution in [0.15, 0.2) is 21.8 Å². The number of hydrogen-bond donors (Lipinski definition) is 2. The predicted octanol–water partition coefficient (Wildman–Crippen LogP) is 2.06. The van der Waals surface area contributed by atoms with Gasteiger partial charge in [-0.1, -0.05) is 0 Å². The number of carbonyl (C=O) groups excluding carboxylic acids is 1. The molecule has 1 aromatic rings. The number of ether oxygens (including phenoxy) is 1. The van der Waals surface area contributed by atoms with Crippen molar-refractivity contribution in [3.63, 3.8) is 0 Å². The Morgan fingerprint density at radius 3 is 2.88 bits per heavy atom. The van der Waals surface area contributed by atoms with Crippen LogP contribution in [-0.2, 0) is 16.1 Å². The molecule has 8 heteroatoms. The van der Waals surface area contributed by atoms with E-state index < -0.39 is 0 Å². The first-order chi connectivity index (χ1) is 11.1. The Kier molecular flexibility index (Phi) is 10.3. The van der Waals surface area contributed by atoms with Crippen LogP contribution in [0.1, 0.15) is 24.8 Å². The zero-order chi connectivity index (χ0) is 16.5. The average Bonchev–Trinajstić information content (AvgIpc) is 3.08. The van der Waals surface area contributed by atoms with Crippen LogP contribution in [0, 0.1) is 0 Å². The molecule has 1 atom stereocenters. The summed E-state index contributed by atoms with van der Waals surface area (Å²) in [6.07, 6.45) is 3.65. The number of carbonyl (C=O) groups is 1. The summed E-state index contributed by atoms with van der Waals surface area (Å²) in [6, 6.07) is 2.06. The molecule has 0 aromatic carbocycles. The van der Waals surface area contributed by atoms with Gasteiger partial charge in [0, 0.05) is 27.2 Å². The minimum Gasteiger partial charge on any atom is -0.376 e. The highest BCUT2D eigenvalue weighted by atomic mass is 127. The first-order valence-electron chi connectivity index (χ1n) is 8.00. The van der Waals surface area contributed by atoms with Crippen molar-refractivity contribution in [3.05, 3.63) is 22.4 Å². The maximum absolute atomic E-state index is 11.7. The number of nitrogens with zero attached hydrogens (tertiary/aromatic N) is 2.